The van der Waals surface area contributed by atoms with Crippen LogP contribution in [0, 0.1) is 13.8 Å². The molecule has 2 N–H and O–H groups in total. The second-order valence-electron chi connectivity index (χ2n) is 9.74. The Labute approximate surface area is 231 Å². The van der Waals surface area contributed by atoms with E-state index in [0.717, 1.165) is 40.6 Å². The Kier molecular flexibility index (Phi) is 7.39. The second-order valence-corrected chi connectivity index (χ2v) is 10.8. The Morgan fingerprint density at radius 2 is 1.69 bits per heavy atom. The standard InChI is InChI=1S/C31H30N2O5S/c1-4-5-6-15-38-23-13-9-21(10-14-23)28(35)26-27(20-7-11-22(34)12-8-20)33(30(37)29(26)36)31-32-24-16-18(2)19(3)17-25(24)39-31/h7-14,16-17,27,34-35H,4-6,15H2,1-3H3/b28-26+. The molecule has 1 aliphatic heterocycles. The highest BCUT2D eigenvalue weighted by Crippen LogP contribution is 2.44. The van der Waals surface area contributed by atoms with Gasteiger partial charge in [-0.05, 0) is 85.5 Å². The minimum atomic E-state index is -0.918. The average molecular weight is 543 g/mol. The van der Waals surface area contributed by atoms with Crippen molar-refractivity contribution in [2.45, 2.75) is 46.1 Å². The van der Waals surface area contributed by atoms with Gasteiger partial charge in [-0.25, -0.2) is 4.98 Å². The molecule has 1 saturated heterocycles. The molecule has 1 fully saturated rings. The fourth-order valence-corrected chi connectivity index (χ4v) is 5.75. The van der Waals surface area contributed by atoms with Gasteiger partial charge in [0.05, 0.1) is 28.4 Å². The predicted molar refractivity (Wildman–Crippen MR) is 153 cm³/mol. The van der Waals surface area contributed by atoms with Crippen LogP contribution in [-0.2, 0) is 9.59 Å². The third-order valence-electron chi connectivity index (χ3n) is 7.00. The summed E-state index contributed by atoms with van der Waals surface area (Å²) in [4.78, 5) is 33.0. The van der Waals surface area contributed by atoms with Gasteiger partial charge in [-0.2, -0.15) is 0 Å². The first kappa shape index (κ1) is 26.4. The van der Waals surface area contributed by atoms with E-state index in [1.165, 1.54) is 28.4 Å². The van der Waals surface area contributed by atoms with Crippen LogP contribution in [0.5, 0.6) is 11.5 Å². The van der Waals surface area contributed by atoms with Crippen molar-refractivity contribution in [1.82, 2.24) is 4.98 Å². The zero-order valence-corrected chi connectivity index (χ0v) is 22.9. The number of fused-ring (bicyclic) bond motifs is 1. The maximum Gasteiger partial charge on any atom is 0.301 e. The van der Waals surface area contributed by atoms with Crippen molar-refractivity contribution in [2.24, 2.45) is 0 Å². The molecular weight excluding hydrogens is 512 g/mol. The number of aryl methyl sites for hydroxylation is 2. The number of thiazole rings is 1. The molecule has 2 heterocycles. The fourth-order valence-electron chi connectivity index (χ4n) is 4.68. The van der Waals surface area contributed by atoms with Crippen molar-refractivity contribution < 1.29 is 24.5 Å². The number of hydrogen-bond donors (Lipinski definition) is 2. The zero-order valence-electron chi connectivity index (χ0n) is 22.1. The van der Waals surface area contributed by atoms with E-state index in [-0.39, 0.29) is 17.1 Å². The Hall–Kier alpha value is -4.17. The molecule has 8 heteroatoms. The highest BCUT2D eigenvalue weighted by molar-refractivity contribution is 7.22. The fraction of sp³-hybridized carbons (Fsp3) is 0.258. The van der Waals surface area contributed by atoms with Crippen LogP contribution in [0.25, 0.3) is 16.0 Å². The first-order valence-electron chi connectivity index (χ1n) is 13.0. The molecule has 0 radical (unpaired) electrons. The number of ketones is 1. The molecule has 0 bridgehead atoms. The molecule has 1 aliphatic rings. The molecule has 0 spiro atoms. The number of benzene rings is 3. The summed E-state index contributed by atoms with van der Waals surface area (Å²) in [5.74, 6) is -1.12. The summed E-state index contributed by atoms with van der Waals surface area (Å²) < 4.78 is 6.67. The number of aromatic hydroxyl groups is 1. The van der Waals surface area contributed by atoms with Crippen LogP contribution in [-0.4, -0.2) is 33.5 Å². The summed E-state index contributed by atoms with van der Waals surface area (Å²) >= 11 is 1.32. The number of aliphatic hydroxyl groups excluding tert-OH is 1. The van der Waals surface area contributed by atoms with E-state index in [1.807, 2.05) is 26.0 Å². The highest BCUT2D eigenvalue weighted by atomic mass is 32.1. The van der Waals surface area contributed by atoms with E-state index in [1.54, 1.807) is 36.4 Å². The van der Waals surface area contributed by atoms with E-state index in [9.17, 15) is 19.8 Å². The van der Waals surface area contributed by atoms with Gasteiger partial charge in [0, 0.05) is 5.56 Å². The molecule has 5 rings (SSSR count). The van der Waals surface area contributed by atoms with E-state index in [4.69, 9.17) is 9.72 Å². The van der Waals surface area contributed by atoms with Crippen molar-refractivity contribution in [2.75, 3.05) is 11.5 Å². The van der Waals surface area contributed by atoms with Gasteiger partial charge in [0.25, 0.3) is 5.78 Å². The quantitative estimate of drug-likeness (QED) is 0.110. The number of Topliss-reactive ketones (excluding diaryl/α,β-unsaturated/α-hetero) is 1. The molecule has 0 saturated carbocycles. The summed E-state index contributed by atoms with van der Waals surface area (Å²) in [7, 11) is 0. The van der Waals surface area contributed by atoms with Crippen LogP contribution in [0.4, 0.5) is 5.13 Å². The summed E-state index contributed by atoms with van der Waals surface area (Å²) in [6.45, 7) is 6.74. The third kappa shape index (κ3) is 5.12. The van der Waals surface area contributed by atoms with Crippen molar-refractivity contribution in [3.63, 3.8) is 0 Å². The Morgan fingerprint density at radius 1 is 1.00 bits per heavy atom. The topological polar surface area (TPSA) is 100.0 Å². The van der Waals surface area contributed by atoms with Gasteiger partial charge in [0.2, 0.25) is 0 Å². The number of amides is 1. The van der Waals surface area contributed by atoms with Crippen LogP contribution in [0.3, 0.4) is 0 Å². The van der Waals surface area contributed by atoms with Gasteiger partial charge in [0.1, 0.15) is 17.3 Å². The van der Waals surface area contributed by atoms with E-state index >= 15 is 0 Å². The highest BCUT2D eigenvalue weighted by Gasteiger charge is 2.48. The Morgan fingerprint density at radius 3 is 2.38 bits per heavy atom. The monoisotopic (exact) mass is 542 g/mol. The lowest BCUT2D eigenvalue weighted by molar-refractivity contribution is -0.132. The lowest BCUT2D eigenvalue weighted by Gasteiger charge is -2.23. The number of hydrogen-bond acceptors (Lipinski definition) is 7. The van der Waals surface area contributed by atoms with Crippen LogP contribution >= 0.6 is 11.3 Å². The van der Waals surface area contributed by atoms with Gasteiger partial charge >= 0.3 is 5.91 Å². The second kappa shape index (κ2) is 10.9. The summed E-state index contributed by atoms with van der Waals surface area (Å²) in [6, 6.07) is 16.2. The first-order valence-corrected chi connectivity index (χ1v) is 13.8. The largest absolute Gasteiger partial charge is 0.508 e. The molecule has 1 aromatic heterocycles. The normalized spacial score (nSPS) is 16.8. The number of phenolic OH excluding ortho intramolecular Hbond substituents is 1. The van der Waals surface area contributed by atoms with Gasteiger partial charge < -0.3 is 14.9 Å². The van der Waals surface area contributed by atoms with Gasteiger partial charge in [-0.1, -0.05) is 43.2 Å². The molecule has 4 aromatic rings. The number of unbranched alkanes of at least 4 members (excludes halogenated alkanes) is 2. The lowest BCUT2D eigenvalue weighted by atomic mass is 9.95. The maximum atomic E-state index is 13.5. The van der Waals surface area contributed by atoms with Crippen LogP contribution in [0.1, 0.15) is 54.5 Å². The minimum Gasteiger partial charge on any atom is -0.508 e. The number of aliphatic hydroxyl groups is 1. The minimum absolute atomic E-state index is 0.0334. The zero-order chi connectivity index (χ0) is 27.7. The maximum absolute atomic E-state index is 13.5. The Bertz CT molecular complexity index is 1530. The molecule has 1 atom stereocenters. The Balaban J connectivity index is 1.58. The first-order chi connectivity index (χ1) is 18.8. The molecule has 7 nitrogen and oxygen atoms in total. The summed E-state index contributed by atoms with van der Waals surface area (Å²) in [6.07, 6.45) is 3.15. The molecule has 39 heavy (non-hydrogen) atoms. The van der Waals surface area contributed by atoms with E-state index in [0.29, 0.717) is 28.6 Å². The molecule has 1 unspecified atom stereocenters. The molecular formula is C31H30N2O5S. The SMILES string of the molecule is CCCCCOc1ccc(/C(O)=C2\C(=O)C(=O)N(c3nc4cc(C)c(C)cc4s3)C2c2ccc(O)cc2)cc1. The third-order valence-corrected chi connectivity index (χ3v) is 8.01. The van der Waals surface area contributed by atoms with Crippen LogP contribution in [0.15, 0.2) is 66.2 Å². The summed E-state index contributed by atoms with van der Waals surface area (Å²) in [5, 5.41) is 21.6. The predicted octanol–water partition coefficient (Wildman–Crippen LogP) is 6.81. The van der Waals surface area contributed by atoms with Crippen LogP contribution < -0.4 is 9.64 Å². The van der Waals surface area contributed by atoms with E-state index in [2.05, 4.69) is 6.92 Å². The van der Waals surface area contributed by atoms with Gasteiger partial charge in [-0.3, -0.25) is 14.5 Å². The smallest absolute Gasteiger partial charge is 0.301 e. The molecule has 3 aromatic carbocycles. The van der Waals surface area contributed by atoms with Crippen LogP contribution in [0.2, 0.25) is 0 Å². The number of carbonyl (C=O) groups excluding carboxylic acids is 2. The number of carbonyl (C=O) groups is 2. The molecule has 0 aliphatic carbocycles. The van der Waals surface area contributed by atoms with E-state index < -0.39 is 17.7 Å². The molecule has 1 amide bonds. The van der Waals surface area contributed by atoms with Crippen molar-refractivity contribution in [3.05, 3.63) is 88.5 Å². The lowest BCUT2D eigenvalue weighted by Crippen LogP contribution is -2.29. The van der Waals surface area contributed by atoms with Gasteiger partial charge in [0.15, 0.2) is 5.13 Å². The van der Waals surface area contributed by atoms with Crippen molar-refractivity contribution >= 4 is 44.1 Å². The average Bonchev–Trinajstić information content (AvgIpc) is 3.44. The number of phenols is 1. The molecule has 200 valence electrons. The number of aromatic nitrogens is 1. The van der Waals surface area contributed by atoms with Crippen molar-refractivity contribution in [3.8, 4) is 11.5 Å². The van der Waals surface area contributed by atoms with Crippen molar-refractivity contribution in [1.29, 1.82) is 0 Å². The number of anilines is 1. The van der Waals surface area contributed by atoms with Gasteiger partial charge in [-0.15, -0.1) is 0 Å². The number of nitrogens with zero attached hydrogens (tertiary/aromatic N) is 2. The number of ether oxygens (including phenoxy) is 1. The summed E-state index contributed by atoms with van der Waals surface area (Å²) in [5.41, 5.74) is 3.85. The number of rotatable bonds is 8.